The summed E-state index contributed by atoms with van der Waals surface area (Å²) in [6.07, 6.45) is 0. The van der Waals surface area contributed by atoms with Gasteiger partial charge in [-0.2, -0.15) is 4.68 Å². The minimum absolute atomic E-state index is 0.590. The molecular formula is C16H15BrN4OS. The number of tetrazole rings is 1. The molecule has 0 bridgehead atoms. The van der Waals surface area contributed by atoms with Crippen LogP contribution in [-0.4, -0.2) is 32.6 Å². The Balaban J connectivity index is 1.58. The Labute approximate surface area is 147 Å². The Morgan fingerprint density at radius 3 is 2.70 bits per heavy atom. The quantitative estimate of drug-likeness (QED) is 0.471. The summed E-state index contributed by atoms with van der Waals surface area (Å²) in [6.45, 7) is 2.63. The van der Waals surface area contributed by atoms with Crippen molar-refractivity contribution in [1.29, 1.82) is 0 Å². The van der Waals surface area contributed by atoms with Gasteiger partial charge in [0.15, 0.2) is 0 Å². The third kappa shape index (κ3) is 4.11. The van der Waals surface area contributed by atoms with Gasteiger partial charge >= 0.3 is 0 Å². The van der Waals surface area contributed by atoms with E-state index >= 15 is 0 Å². The Morgan fingerprint density at radius 1 is 1.13 bits per heavy atom. The molecule has 3 rings (SSSR count). The van der Waals surface area contributed by atoms with Gasteiger partial charge in [0.05, 0.1) is 12.3 Å². The highest BCUT2D eigenvalue weighted by Crippen LogP contribution is 2.21. The van der Waals surface area contributed by atoms with Crippen LogP contribution in [0.15, 0.2) is 58.2 Å². The Hall–Kier alpha value is -1.86. The molecule has 1 aromatic heterocycles. The van der Waals surface area contributed by atoms with Crippen LogP contribution in [0.4, 0.5) is 0 Å². The molecule has 0 saturated carbocycles. The molecule has 1 heterocycles. The maximum atomic E-state index is 5.71. The zero-order valence-electron chi connectivity index (χ0n) is 12.5. The number of nitrogens with zero attached hydrogens (tertiary/aromatic N) is 4. The Bertz CT molecular complexity index is 776. The van der Waals surface area contributed by atoms with E-state index in [1.54, 1.807) is 16.4 Å². The molecule has 0 aliphatic rings. The lowest BCUT2D eigenvalue weighted by molar-refractivity contribution is 0.344. The van der Waals surface area contributed by atoms with Crippen molar-refractivity contribution in [2.45, 2.75) is 12.1 Å². The van der Waals surface area contributed by atoms with Crippen LogP contribution in [0.3, 0.4) is 0 Å². The minimum Gasteiger partial charge on any atom is -0.493 e. The largest absolute Gasteiger partial charge is 0.493 e. The van der Waals surface area contributed by atoms with E-state index in [-0.39, 0.29) is 0 Å². The molecular weight excluding hydrogens is 376 g/mol. The van der Waals surface area contributed by atoms with E-state index < -0.39 is 0 Å². The van der Waals surface area contributed by atoms with E-state index in [1.165, 1.54) is 0 Å². The molecule has 0 atom stereocenters. The molecule has 23 heavy (non-hydrogen) atoms. The van der Waals surface area contributed by atoms with Gasteiger partial charge in [0.25, 0.3) is 0 Å². The van der Waals surface area contributed by atoms with E-state index in [0.717, 1.165) is 32.4 Å². The molecule has 0 fully saturated rings. The van der Waals surface area contributed by atoms with Crippen LogP contribution < -0.4 is 4.74 Å². The van der Waals surface area contributed by atoms with Gasteiger partial charge in [-0.25, -0.2) is 0 Å². The van der Waals surface area contributed by atoms with Crippen LogP contribution in [0.2, 0.25) is 0 Å². The maximum absolute atomic E-state index is 5.71. The van der Waals surface area contributed by atoms with Gasteiger partial charge in [-0.3, -0.25) is 0 Å². The second kappa shape index (κ2) is 7.61. The van der Waals surface area contributed by atoms with E-state index in [9.17, 15) is 0 Å². The van der Waals surface area contributed by atoms with Crippen LogP contribution in [0.5, 0.6) is 5.75 Å². The maximum Gasteiger partial charge on any atom is 0.214 e. The van der Waals surface area contributed by atoms with Gasteiger partial charge in [0, 0.05) is 10.2 Å². The summed E-state index contributed by atoms with van der Waals surface area (Å²) in [7, 11) is 0. The molecule has 0 saturated heterocycles. The number of aromatic nitrogens is 4. The first kappa shape index (κ1) is 16.0. The van der Waals surface area contributed by atoms with Crippen LogP contribution in [-0.2, 0) is 0 Å². The van der Waals surface area contributed by atoms with Gasteiger partial charge in [-0.05, 0) is 53.2 Å². The van der Waals surface area contributed by atoms with Gasteiger partial charge in [0.1, 0.15) is 5.75 Å². The molecule has 3 aromatic rings. The van der Waals surface area contributed by atoms with Crippen molar-refractivity contribution in [2.75, 3.05) is 12.4 Å². The van der Waals surface area contributed by atoms with Crippen LogP contribution in [0, 0.1) is 6.92 Å². The van der Waals surface area contributed by atoms with Crippen LogP contribution in [0.1, 0.15) is 5.56 Å². The first-order valence-corrected chi connectivity index (χ1v) is 8.87. The minimum atomic E-state index is 0.590. The monoisotopic (exact) mass is 390 g/mol. The van der Waals surface area contributed by atoms with E-state index in [2.05, 4.69) is 31.5 Å². The van der Waals surface area contributed by atoms with Crippen molar-refractivity contribution in [3.63, 3.8) is 0 Å². The topological polar surface area (TPSA) is 52.8 Å². The lowest BCUT2D eigenvalue weighted by atomic mass is 10.2. The molecule has 0 radical (unpaired) electrons. The van der Waals surface area contributed by atoms with E-state index in [1.807, 2.05) is 55.5 Å². The first-order valence-electron chi connectivity index (χ1n) is 7.09. The predicted octanol–water partition coefficient (Wildman–Crippen LogP) is 3.90. The zero-order chi connectivity index (χ0) is 16.1. The first-order chi connectivity index (χ1) is 11.2. The zero-order valence-corrected chi connectivity index (χ0v) is 14.9. The molecule has 0 aliphatic heterocycles. The molecule has 0 aliphatic carbocycles. The van der Waals surface area contributed by atoms with Crippen molar-refractivity contribution in [2.24, 2.45) is 0 Å². The highest BCUT2D eigenvalue weighted by molar-refractivity contribution is 9.10. The number of ether oxygens (including phenoxy) is 1. The summed E-state index contributed by atoms with van der Waals surface area (Å²) in [6, 6.07) is 15.8. The number of para-hydroxylation sites is 1. The molecule has 2 aromatic carbocycles. The Morgan fingerprint density at radius 2 is 1.91 bits per heavy atom. The summed E-state index contributed by atoms with van der Waals surface area (Å²) in [5.74, 6) is 1.62. The highest BCUT2D eigenvalue weighted by atomic mass is 79.9. The average molecular weight is 391 g/mol. The number of hydrogen-bond donors (Lipinski definition) is 0. The molecule has 7 heteroatoms. The summed E-state index contributed by atoms with van der Waals surface area (Å²) in [5.41, 5.74) is 2.13. The summed E-state index contributed by atoms with van der Waals surface area (Å²) in [5, 5.41) is 12.7. The second-order valence-corrected chi connectivity index (χ2v) is 6.79. The number of thioether (sulfide) groups is 1. The number of halogens is 1. The lowest BCUT2D eigenvalue weighted by Gasteiger charge is -2.08. The molecule has 118 valence electrons. The second-order valence-electron chi connectivity index (χ2n) is 4.81. The number of rotatable bonds is 6. The number of hydrogen-bond acceptors (Lipinski definition) is 5. The summed E-state index contributed by atoms with van der Waals surface area (Å²) in [4.78, 5) is 0. The standard InChI is InChI=1S/C16H15BrN4OS/c1-12-4-2-3-5-15(12)21-16(18-19-20-21)23-11-10-22-14-8-6-13(17)7-9-14/h2-9H,10-11H2,1H3. The van der Waals surface area contributed by atoms with Crippen LogP contribution in [0.25, 0.3) is 5.69 Å². The fraction of sp³-hybridized carbons (Fsp3) is 0.188. The summed E-state index contributed by atoms with van der Waals surface area (Å²) >= 11 is 4.98. The third-order valence-electron chi connectivity index (χ3n) is 3.18. The van der Waals surface area contributed by atoms with Crippen molar-refractivity contribution in [3.05, 3.63) is 58.6 Å². The van der Waals surface area contributed by atoms with Gasteiger partial charge in [-0.15, -0.1) is 5.10 Å². The molecule has 5 nitrogen and oxygen atoms in total. The Kier molecular flexibility index (Phi) is 5.30. The van der Waals surface area contributed by atoms with E-state index in [0.29, 0.717) is 6.61 Å². The SMILES string of the molecule is Cc1ccccc1-n1nnnc1SCCOc1ccc(Br)cc1. The number of benzene rings is 2. The van der Waals surface area contributed by atoms with Crippen LogP contribution >= 0.6 is 27.7 Å². The molecule has 0 amide bonds. The number of aryl methyl sites for hydroxylation is 1. The van der Waals surface area contributed by atoms with Gasteiger partial charge in [-0.1, -0.05) is 45.9 Å². The van der Waals surface area contributed by atoms with Gasteiger partial charge in [0.2, 0.25) is 5.16 Å². The third-order valence-corrected chi connectivity index (χ3v) is 4.59. The predicted molar refractivity (Wildman–Crippen MR) is 94.3 cm³/mol. The van der Waals surface area contributed by atoms with Crippen molar-refractivity contribution in [1.82, 2.24) is 20.2 Å². The smallest absolute Gasteiger partial charge is 0.214 e. The van der Waals surface area contributed by atoms with Gasteiger partial charge < -0.3 is 4.74 Å². The van der Waals surface area contributed by atoms with Crippen molar-refractivity contribution >= 4 is 27.7 Å². The fourth-order valence-electron chi connectivity index (χ4n) is 2.04. The molecule has 0 N–H and O–H groups in total. The molecule has 0 spiro atoms. The van der Waals surface area contributed by atoms with E-state index in [4.69, 9.17) is 4.74 Å². The summed E-state index contributed by atoms with van der Waals surface area (Å²) < 4.78 is 8.51. The fourth-order valence-corrected chi connectivity index (χ4v) is 3.01. The normalized spacial score (nSPS) is 10.7. The molecule has 0 unspecified atom stereocenters. The average Bonchev–Trinajstić information content (AvgIpc) is 3.02. The van der Waals surface area contributed by atoms with Crippen molar-refractivity contribution in [3.8, 4) is 11.4 Å². The highest BCUT2D eigenvalue weighted by Gasteiger charge is 2.10. The lowest BCUT2D eigenvalue weighted by Crippen LogP contribution is -2.04. The van der Waals surface area contributed by atoms with Crippen molar-refractivity contribution < 1.29 is 4.74 Å².